The number of H-pyrrole nitrogens is 1. The molecule has 0 fully saturated rings. The Labute approximate surface area is 130 Å². The zero-order valence-corrected chi connectivity index (χ0v) is 12.1. The molecule has 0 bridgehead atoms. The highest BCUT2D eigenvalue weighted by Crippen LogP contribution is 2.28. The lowest BCUT2D eigenvalue weighted by atomic mass is 9.98. The highest BCUT2D eigenvalue weighted by atomic mass is 35.5. The van der Waals surface area contributed by atoms with E-state index in [4.69, 9.17) is 11.6 Å². The van der Waals surface area contributed by atoms with Crippen molar-refractivity contribution in [3.05, 3.63) is 71.3 Å². The van der Waals surface area contributed by atoms with Gasteiger partial charge < -0.3 is 0 Å². The van der Waals surface area contributed by atoms with Crippen molar-refractivity contribution >= 4 is 22.6 Å². The summed E-state index contributed by atoms with van der Waals surface area (Å²) >= 11 is 5.99. The Kier molecular flexibility index (Phi) is 3.08. The van der Waals surface area contributed by atoms with Gasteiger partial charge in [-0.15, -0.1) is 0 Å². The molecule has 4 aromatic rings. The fourth-order valence-corrected chi connectivity index (χ4v) is 2.65. The zero-order valence-electron chi connectivity index (χ0n) is 11.4. The van der Waals surface area contributed by atoms with Gasteiger partial charge in [-0.05, 0) is 35.4 Å². The first-order valence-corrected chi connectivity index (χ1v) is 7.09. The summed E-state index contributed by atoms with van der Waals surface area (Å²) in [6.45, 7) is 0. The van der Waals surface area contributed by atoms with Crippen molar-refractivity contribution in [2.24, 2.45) is 0 Å². The molecular weight excluding hydrogens is 300 g/mol. The Bertz CT molecular complexity index is 897. The van der Waals surface area contributed by atoms with Gasteiger partial charge in [0.2, 0.25) is 0 Å². The summed E-state index contributed by atoms with van der Waals surface area (Å²) < 4.78 is 1.81. The number of fused-ring (bicyclic) bond motifs is 1. The van der Waals surface area contributed by atoms with Gasteiger partial charge in [-0.2, -0.15) is 20.5 Å². The van der Waals surface area contributed by atoms with Crippen LogP contribution in [0.4, 0.5) is 0 Å². The van der Waals surface area contributed by atoms with E-state index >= 15 is 0 Å². The number of nitrogens with one attached hydrogen (secondary N) is 1. The lowest BCUT2D eigenvalue weighted by Gasteiger charge is -2.18. The van der Waals surface area contributed by atoms with E-state index in [2.05, 4.69) is 25.5 Å². The molecule has 0 aliphatic heterocycles. The van der Waals surface area contributed by atoms with E-state index in [0.717, 1.165) is 22.2 Å². The van der Waals surface area contributed by atoms with Gasteiger partial charge in [0.25, 0.3) is 0 Å². The molecule has 0 aliphatic carbocycles. The monoisotopic (exact) mass is 310 g/mol. The summed E-state index contributed by atoms with van der Waals surface area (Å²) in [5, 5.41) is 15.8. The van der Waals surface area contributed by atoms with Crippen LogP contribution >= 0.6 is 11.6 Å². The normalized spacial score (nSPS) is 12.6. The Hall–Kier alpha value is -2.73. The highest BCUT2D eigenvalue weighted by molar-refractivity contribution is 6.30. The number of aromatic nitrogens is 6. The topological polar surface area (TPSA) is 72.3 Å². The van der Waals surface area contributed by atoms with E-state index in [1.807, 2.05) is 47.1 Å². The van der Waals surface area contributed by atoms with Crippen molar-refractivity contribution < 1.29 is 0 Å². The lowest BCUT2D eigenvalue weighted by Crippen LogP contribution is -2.12. The number of nitrogens with zero attached hydrogens (tertiary/aromatic N) is 5. The zero-order chi connectivity index (χ0) is 14.9. The number of benzene rings is 2. The molecule has 0 unspecified atom stereocenters. The molecule has 22 heavy (non-hydrogen) atoms. The quantitative estimate of drug-likeness (QED) is 0.631. The molecule has 7 heteroatoms. The fraction of sp³-hybridized carbons (Fsp3) is 0.0667. The third-order valence-corrected chi connectivity index (χ3v) is 3.79. The fourth-order valence-electron chi connectivity index (χ4n) is 2.52. The van der Waals surface area contributed by atoms with Gasteiger partial charge in [-0.1, -0.05) is 29.8 Å². The van der Waals surface area contributed by atoms with Gasteiger partial charge in [-0.25, -0.2) is 9.67 Å². The van der Waals surface area contributed by atoms with E-state index in [-0.39, 0.29) is 6.04 Å². The van der Waals surface area contributed by atoms with Gasteiger partial charge in [0.15, 0.2) is 0 Å². The van der Waals surface area contributed by atoms with Crippen molar-refractivity contribution in [3.63, 3.8) is 0 Å². The van der Waals surface area contributed by atoms with Crippen molar-refractivity contribution in [1.29, 1.82) is 0 Å². The third kappa shape index (κ3) is 2.23. The lowest BCUT2D eigenvalue weighted by molar-refractivity contribution is 0.594. The Morgan fingerprint density at radius 2 is 1.73 bits per heavy atom. The second kappa shape index (κ2) is 5.23. The molecule has 2 aromatic carbocycles. The number of rotatable bonds is 3. The Morgan fingerprint density at radius 1 is 0.955 bits per heavy atom. The highest BCUT2D eigenvalue weighted by Gasteiger charge is 2.18. The van der Waals surface area contributed by atoms with Crippen molar-refractivity contribution in [1.82, 2.24) is 30.2 Å². The van der Waals surface area contributed by atoms with Crippen LogP contribution in [0.5, 0.6) is 0 Å². The molecule has 4 rings (SSSR count). The van der Waals surface area contributed by atoms with Crippen LogP contribution in [0.25, 0.3) is 11.0 Å². The van der Waals surface area contributed by atoms with Crippen LogP contribution < -0.4 is 0 Å². The minimum Gasteiger partial charge on any atom is -0.241 e. The maximum Gasteiger partial charge on any atom is 0.137 e. The first-order chi connectivity index (χ1) is 10.8. The molecule has 1 N–H and O–H groups in total. The second-order valence-corrected chi connectivity index (χ2v) is 5.34. The van der Waals surface area contributed by atoms with Gasteiger partial charge >= 0.3 is 0 Å². The predicted octanol–water partition coefficient (Wildman–Crippen LogP) is 2.84. The summed E-state index contributed by atoms with van der Waals surface area (Å²) in [5.74, 6) is 0. The smallest absolute Gasteiger partial charge is 0.137 e. The molecule has 0 radical (unpaired) electrons. The first-order valence-electron chi connectivity index (χ1n) is 6.71. The maximum absolute atomic E-state index is 5.99. The molecule has 0 spiro atoms. The molecule has 6 nitrogen and oxygen atoms in total. The molecule has 108 valence electrons. The van der Waals surface area contributed by atoms with E-state index in [0.29, 0.717) is 5.02 Å². The third-order valence-electron chi connectivity index (χ3n) is 3.54. The summed E-state index contributed by atoms with van der Waals surface area (Å²) in [6.07, 6.45) is 3.23. The van der Waals surface area contributed by atoms with Crippen LogP contribution in [0.15, 0.2) is 55.1 Å². The summed E-state index contributed by atoms with van der Waals surface area (Å²) in [5.41, 5.74) is 3.76. The molecule has 0 amide bonds. The molecule has 2 aromatic heterocycles. The molecule has 2 heterocycles. The van der Waals surface area contributed by atoms with Crippen LogP contribution in [0, 0.1) is 0 Å². The number of hydrogen-bond acceptors (Lipinski definition) is 4. The van der Waals surface area contributed by atoms with E-state index in [1.165, 1.54) is 6.33 Å². The predicted molar refractivity (Wildman–Crippen MR) is 82.6 cm³/mol. The number of hydrogen-bond donors (Lipinski definition) is 1. The summed E-state index contributed by atoms with van der Waals surface area (Å²) in [4.78, 5) is 4.06. The van der Waals surface area contributed by atoms with Crippen LogP contribution in [0.1, 0.15) is 17.2 Å². The molecular formula is C15H11ClN6. The Balaban J connectivity index is 1.87. The SMILES string of the molecule is Clc1ccc([C@H](c2ccc3n[nH]nc3c2)n2cncn2)cc1. The van der Waals surface area contributed by atoms with Gasteiger partial charge in [0.05, 0.1) is 0 Å². The standard InChI is InChI=1S/C15H11ClN6/c16-12-4-1-10(2-5-12)15(22-9-17-8-18-22)11-3-6-13-14(7-11)20-21-19-13/h1-9,15H,(H,19,20,21)/t15-/m1/s1. The van der Waals surface area contributed by atoms with Crippen molar-refractivity contribution in [3.8, 4) is 0 Å². The summed E-state index contributed by atoms with van der Waals surface area (Å²) in [6, 6.07) is 13.6. The Morgan fingerprint density at radius 3 is 2.50 bits per heavy atom. The van der Waals surface area contributed by atoms with Gasteiger partial charge in [0.1, 0.15) is 29.7 Å². The minimum atomic E-state index is -0.0964. The average Bonchev–Trinajstić information content (AvgIpc) is 3.20. The number of halogens is 1. The van der Waals surface area contributed by atoms with Crippen molar-refractivity contribution in [2.75, 3.05) is 0 Å². The van der Waals surface area contributed by atoms with E-state index < -0.39 is 0 Å². The maximum atomic E-state index is 5.99. The van der Waals surface area contributed by atoms with E-state index in [1.54, 1.807) is 6.33 Å². The number of aromatic amines is 1. The minimum absolute atomic E-state index is 0.0964. The summed E-state index contributed by atoms with van der Waals surface area (Å²) in [7, 11) is 0. The van der Waals surface area contributed by atoms with Gasteiger partial charge in [-0.3, -0.25) is 0 Å². The van der Waals surface area contributed by atoms with Crippen LogP contribution in [0.2, 0.25) is 5.02 Å². The molecule has 0 saturated heterocycles. The second-order valence-electron chi connectivity index (χ2n) is 4.90. The molecule has 1 atom stereocenters. The molecule has 0 aliphatic rings. The first kappa shape index (κ1) is 13.0. The van der Waals surface area contributed by atoms with Crippen LogP contribution in [-0.2, 0) is 0 Å². The van der Waals surface area contributed by atoms with Crippen LogP contribution in [-0.4, -0.2) is 30.2 Å². The van der Waals surface area contributed by atoms with Crippen LogP contribution in [0.3, 0.4) is 0 Å². The van der Waals surface area contributed by atoms with Gasteiger partial charge in [0, 0.05) is 5.02 Å². The molecule has 0 saturated carbocycles. The average molecular weight is 311 g/mol. The van der Waals surface area contributed by atoms with E-state index in [9.17, 15) is 0 Å². The van der Waals surface area contributed by atoms with Crippen molar-refractivity contribution in [2.45, 2.75) is 6.04 Å². The largest absolute Gasteiger partial charge is 0.241 e.